The SMILES string of the molecule is CC[C@H]1C(=O)C2C(CC[C@@]3(C)C2CC[C@@H]3[C@H](C)CCC(=O)NCC(C)=O)[C@@]2(C)CC[C@@H](O)CC12. The lowest BCUT2D eigenvalue weighted by atomic mass is 9.42. The van der Waals surface area contributed by atoms with E-state index in [2.05, 4.69) is 33.0 Å². The molecule has 34 heavy (non-hydrogen) atoms. The molecule has 10 atom stereocenters. The molecule has 4 aliphatic rings. The van der Waals surface area contributed by atoms with Crippen molar-refractivity contribution in [1.29, 1.82) is 0 Å². The highest BCUT2D eigenvalue weighted by Crippen LogP contribution is 2.68. The molecule has 192 valence electrons. The molecule has 4 fully saturated rings. The first-order chi connectivity index (χ1) is 16.0. The van der Waals surface area contributed by atoms with Crippen molar-refractivity contribution in [2.45, 2.75) is 105 Å². The van der Waals surface area contributed by atoms with Gasteiger partial charge in [0.05, 0.1) is 12.6 Å². The van der Waals surface area contributed by atoms with Gasteiger partial charge in [-0.25, -0.2) is 0 Å². The molecule has 0 spiro atoms. The van der Waals surface area contributed by atoms with Gasteiger partial charge in [-0.3, -0.25) is 14.4 Å². The van der Waals surface area contributed by atoms with Crippen LogP contribution in [0.25, 0.3) is 0 Å². The molecule has 0 aromatic carbocycles. The van der Waals surface area contributed by atoms with E-state index in [0.717, 1.165) is 51.4 Å². The number of ketones is 2. The van der Waals surface area contributed by atoms with Crippen LogP contribution in [0.1, 0.15) is 98.8 Å². The summed E-state index contributed by atoms with van der Waals surface area (Å²) in [7, 11) is 0. The van der Waals surface area contributed by atoms with Crippen molar-refractivity contribution in [3.63, 3.8) is 0 Å². The molecule has 5 nitrogen and oxygen atoms in total. The maximum Gasteiger partial charge on any atom is 0.220 e. The molecule has 0 saturated heterocycles. The Morgan fingerprint density at radius 3 is 2.41 bits per heavy atom. The number of aliphatic hydroxyl groups excluding tert-OH is 1. The summed E-state index contributed by atoms with van der Waals surface area (Å²) < 4.78 is 0. The Labute approximate surface area is 206 Å². The van der Waals surface area contributed by atoms with Crippen LogP contribution < -0.4 is 5.32 Å². The molecule has 0 heterocycles. The number of nitrogens with one attached hydrogen (secondary N) is 1. The fourth-order valence-corrected chi connectivity index (χ4v) is 9.48. The van der Waals surface area contributed by atoms with Gasteiger partial charge in [0.1, 0.15) is 11.6 Å². The van der Waals surface area contributed by atoms with Gasteiger partial charge in [-0.15, -0.1) is 0 Å². The van der Waals surface area contributed by atoms with E-state index in [0.29, 0.717) is 41.8 Å². The molecule has 0 bridgehead atoms. The lowest BCUT2D eigenvalue weighted by Crippen LogP contribution is -2.60. The van der Waals surface area contributed by atoms with Crippen LogP contribution in [-0.2, 0) is 14.4 Å². The predicted octanol–water partition coefficient (Wildman–Crippen LogP) is 4.94. The van der Waals surface area contributed by atoms with Crippen molar-refractivity contribution in [3.8, 4) is 0 Å². The van der Waals surface area contributed by atoms with Gasteiger partial charge in [0.25, 0.3) is 0 Å². The van der Waals surface area contributed by atoms with Crippen LogP contribution in [0.5, 0.6) is 0 Å². The molecule has 0 aromatic rings. The van der Waals surface area contributed by atoms with Crippen molar-refractivity contribution < 1.29 is 19.5 Å². The summed E-state index contributed by atoms with van der Waals surface area (Å²) in [6.45, 7) is 11.0. The van der Waals surface area contributed by atoms with E-state index in [9.17, 15) is 19.5 Å². The molecule has 0 aromatic heterocycles. The predicted molar refractivity (Wildman–Crippen MR) is 133 cm³/mol. The number of hydrogen-bond acceptors (Lipinski definition) is 4. The Morgan fingerprint density at radius 2 is 1.74 bits per heavy atom. The molecular weight excluding hydrogens is 426 g/mol. The lowest BCUT2D eigenvalue weighted by Gasteiger charge is -2.62. The molecular formula is C29H47NO4. The fraction of sp³-hybridized carbons (Fsp3) is 0.897. The zero-order chi connectivity index (χ0) is 24.8. The Bertz CT molecular complexity index is 810. The van der Waals surface area contributed by atoms with Crippen LogP contribution in [0, 0.1) is 52.3 Å². The van der Waals surface area contributed by atoms with Crippen molar-refractivity contribution in [2.75, 3.05) is 6.54 Å². The van der Waals surface area contributed by atoms with Gasteiger partial charge in [0.15, 0.2) is 0 Å². The third-order valence-electron chi connectivity index (χ3n) is 11.2. The Hall–Kier alpha value is -1.23. The molecule has 4 aliphatic carbocycles. The molecule has 4 saturated carbocycles. The lowest BCUT2D eigenvalue weighted by molar-refractivity contribution is -0.173. The standard InChI is InChI=1S/C29H47NO4/c1-6-20-24-15-19(32)11-13-29(24,5)23-12-14-28(4)21(8-9-22(28)26(23)27(20)34)17(2)7-10-25(33)30-16-18(3)31/h17,19-24,26,32H,6-16H2,1-5H3,(H,30,33)/t17-,19-,20-,21-,22?,23?,24?,26?,28-,29-/m1/s1. The van der Waals surface area contributed by atoms with Crippen molar-refractivity contribution in [3.05, 3.63) is 0 Å². The van der Waals surface area contributed by atoms with Gasteiger partial charge >= 0.3 is 0 Å². The zero-order valence-electron chi connectivity index (χ0n) is 22.1. The molecule has 5 heteroatoms. The van der Waals surface area contributed by atoms with Crippen LogP contribution in [0.3, 0.4) is 0 Å². The normalized spacial score (nSPS) is 44.5. The van der Waals surface area contributed by atoms with Crippen LogP contribution >= 0.6 is 0 Å². The minimum absolute atomic E-state index is 0.0183. The average Bonchev–Trinajstić information content (AvgIpc) is 3.14. The highest BCUT2D eigenvalue weighted by atomic mass is 16.3. The third-order valence-corrected chi connectivity index (χ3v) is 11.2. The van der Waals surface area contributed by atoms with Crippen LogP contribution in [0.4, 0.5) is 0 Å². The van der Waals surface area contributed by atoms with E-state index in [4.69, 9.17) is 0 Å². The number of rotatable bonds is 7. The van der Waals surface area contributed by atoms with E-state index >= 15 is 0 Å². The molecule has 4 rings (SSSR count). The maximum absolute atomic E-state index is 14.0. The summed E-state index contributed by atoms with van der Waals surface area (Å²) in [5.41, 5.74) is 0.347. The smallest absolute Gasteiger partial charge is 0.220 e. The summed E-state index contributed by atoms with van der Waals surface area (Å²) in [5, 5.41) is 13.2. The van der Waals surface area contributed by atoms with Crippen molar-refractivity contribution in [2.24, 2.45) is 52.3 Å². The number of hydrogen-bond donors (Lipinski definition) is 2. The van der Waals surface area contributed by atoms with Crippen LogP contribution in [0.15, 0.2) is 0 Å². The zero-order valence-corrected chi connectivity index (χ0v) is 22.1. The summed E-state index contributed by atoms with van der Waals surface area (Å²) in [6.07, 6.45) is 9.31. The second kappa shape index (κ2) is 9.67. The summed E-state index contributed by atoms with van der Waals surface area (Å²) in [4.78, 5) is 37.4. The first kappa shape index (κ1) is 25.9. The number of aliphatic hydroxyl groups is 1. The van der Waals surface area contributed by atoms with Gasteiger partial charge in [-0.2, -0.15) is 0 Å². The highest BCUT2D eigenvalue weighted by molar-refractivity contribution is 5.86. The van der Waals surface area contributed by atoms with E-state index < -0.39 is 0 Å². The highest BCUT2D eigenvalue weighted by Gasteiger charge is 2.65. The number of carbonyl (C=O) groups is 3. The summed E-state index contributed by atoms with van der Waals surface area (Å²) >= 11 is 0. The molecule has 4 unspecified atom stereocenters. The molecule has 0 radical (unpaired) electrons. The van der Waals surface area contributed by atoms with Crippen LogP contribution in [-0.4, -0.2) is 35.2 Å². The summed E-state index contributed by atoms with van der Waals surface area (Å²) in [6, 6.07) is 0. The first-order valence-electron chi connectivity index (χ1n) is 14.0. The monoisotopic (exact) mass is 473 g/mol. The Balaban J connectivity index is 1.50. The van der Waals surface area contributed by atoms with Gasteiger partial charge in [0, 0.05) is 18.3 Å². The number of carbonyl (C=O) groups excluding carboxylic acids is 3. The van der Waals surface area contributed by atoms with Gasteiger partial charge in [-0.05, 0) is 105 Å². The minimum Gasteiger partial charge on any atom is -0.393 e. The Kier molecular flexibility index (Phi) is 7.35. The number of Topliss-reactive ketones (excluding diaryl/α,β-unsaturated/α-hetero) is 2. The van der Waals surface area contributed by atoms with Crippen molar-refractivity contribution >= 4 is 17.5 Å². The Morgan fingerprint density at radius 1 is 1.06 bits per heavy atom. The number of fused-ring (bicyclic) bond motifs is 5. The van der Waals surface area contributed by atoms with E-state index in [1.807, 2.05) is 0 Å². The first-order valence-corrected chi connectivity index (χ1v) is 14.0. The van der Waals surface area contributed by atoms with Gasteiger partial charge < -0.3 is 10.4 Å². The second-order valence-electron chi connectivity index (χ2n) is 12.9. The van der Waals surface area contributed by atoms with E-state index in [-0.39, 0.29) is 47.0 Å². The fourth-order valence-electron chi connectivity index (χ4n) is 9.48. The van der Waals surface area contributed by atoms with Crippen LogP contribution in [0.2, 0.25) is 0 Å². The topological polar surface area (TPSA) is 83.5 Å². The largest absolute Gasteiger partial charge is 0.393 e. The minimum atomic E-state index is -0.241. The quantitative estimate of drug-likeness (QED) is 0.548. The number of amides is 1. The molecule has 0 aliphatic heterocycles. The van der Waals surface area contributed by atoms with E-state index in [1.54, 1.807) is 0 Å². The molecule has 2 N–H and O–H groups in total. The van der Waals surface area contributed by atoms with E-state index in [1.165, 1.54) is 13.3 Å². The second-order valence-corrected chi connectivity index (χ2v) is 12.9. The van der Waals surface area contributed by atoms with Gasteiger partial charge in [-0.1, -0.05) is 27.7 Å². The average molecular weight is 474 g/mol. The third kappa shape index (κ3) is 4.29. The maximum atomic E-state index is 14.0. The van der Waals surface area contributed by atoms with Crippen molar-refractivity contribution in [1.82, 2.24) is 5.32 Å². The van der Waals surface area contributed by atoms with Gasteiger partial charge in [0.2, 0.25) is 5.91 Å². The molecule has 1 amide bonds. The summed E-state index contributed by atoms with van der Waals surface area (Å²) in [5.74, 6) is 2.98.